The van der Waals surface area contributed by atoms with Gasteiger partial charge in [-0.25, -0.2) is 12.7 Å². The fraction of sp³-hybridized carbons (Fsp3) is 0.211. The van der Waals surface area contributed by atoms with Gasteiger partial charge in [0.2, 0.25) is 15.9 Å². The molecule has 0 saturated carbocycles. The number of amides is 1. The molecule has 0 unspecified atom stereocenters. The minimum Gasteiger partial charge on any atom is -0.322 e. The van der Waals surface area contributed by atoms with Gasteiger partial charge in [-0.2, -0.15) is 0 Å². The highest BCUT2D eigenvalue weighted by atomic mass is 32.2. The van der Waals surface area contributed by atoms with Gasteiger partial charge in [-0.05, 0) is 43.2 Å². The highest BCUT2D eigenvalue weighted by molar-refractivity contribution is 7.89. The Morgan fingerprint density at radius 1 is 1.08 bits per heavy atom. The number of nitrogens with one attached hydrogen (secondary N) is 1. The van der Waals surface area contributed by atoms with E-state index < -0.39 is 10.0 Å². The minimum atomic E-state index is -3.55. The number of nitrogens with zero attached hydrogens (tertiary/aromatic N) is 1. The Bertz CT molecular complexity index is 916. The van der Waals surface area contributed by atoms with Gasteiger partial charge < -0.3 is 5.32 Å². The zero-order valence-corrected chi connectivity index (χ0v) is 15.6. The Hall–Kier alpha value is -2.44. The van der Waals surface area contributed by atoms with Crippen molar-refractivity contribution in [3.05, 3.63) is 65.2 Å². The molecule has 0 heterocycles. The molecule has 0 radical (unpaired) electrons. The number of aryl methyl sites for hydroxylation is 2. The van der Waals surface area contributed by atoms with Crippen LogP contribution in [-0.4, -0.2) is 32.7 Å². The van der Waals surface area contributed by atoms with E-state index in [9.17, 15) is 13.2 Å². The third-order valence-corrected chi connectivity index (χ3v) is 5.53. The molecule has 0 aliphatic rings. The second kappa shape index (κ2) is 7.63. The third-order valence-electron chi connectivity index (χ3n) is 3.71. The molecule has 0 aromatic heterocycles. The van der Waals surface area contributed by atoms with Gasteiger partial charge in [0.05, 0.1) is 4.90 Å². The summed E-state index contributed by atoms with van der Waals surface area (Å²) in [6, 6.07) is 12.5. The molecule has 0 bridgehead atoms. The number of sulfonamides is 1. The molecule has 2 rings (SSSR count). The average Bonchev–Trinajstić information content (AvgIpc) is 2.55. The SMILES string of the molecule is Cc1cccc(/C=C/C(=O)Nc2cc(S(=O)(=O)N(C)C)ccc2C)c1. The molecule has 0 aliphatic heterocycles. The molecule has 1 amide bonds. The Labute approximate surface area is 149 Å². The number of carbonyl (C=O) groups excluding carboxylic acids is 1. The Morgan fingerprint density at radius 2 is 1.80 bits per heavy atom. The first-order valence-corrected chi connectivity index (χ1v) is 9.23. The molecule has 0 fully saturated rings. The van der Waals surface area contributed by atoms with E-state index in [2.05, 4.69) is 5.32 Å². The Morgan fingerprint density at radius 3 is 2.44 bits per heavy atom. The lowest BCUT2D eigenvalue weighted by atomic mass is 10.1. The van der Waals surface area contributed by atoms with Crippen molar-refractivity contribution in [1.29, 1.82) is 0 Å². The van der Waals surface area contributed by atoms with Crippen molar-refractivity contribution in [1.82, 2.24) is 4.31 Å². The van der Waals surface area contributed by atoms with Crippen molar-refractivity contribution in [2.75, 3.05) is 19.4 Å². The van der Waals surface area contributed by atoms with Gasteiger partial charge in [-0.1, -0.05) is 35.9 Å². The third kappa shape index (κ3) is 4.78. The molecule has 0 atom stereocenters. The summed E-state index contributed by atoms with van der Waals surface area (Å²) in [6.45, 7) is 3.80. The molecule has 1 N–H and O–H groups in total. The van der Waals surface area contributed by atoms with Gasteiger partial charge in [0.1, 0.15) is 0 Å². The topological polar surface area (TPSA) is 66.5 Å². The van der Waals surface area contributed by atoms with E-state index in [0.29, 0.717) is 5.69 Å². The van der Waals surface area contributed by atoms with Gasteiger partial charge in [0, 0.05) is 25.9 Å². The number of carbonyl (C=O) groups is 1. The van der Waals surface area contributed by atoms with Crippen molar-refractivity contribution in [2.24, 2.45) is 0 Å². The van der Waals surface area contributed by atoms with E-state index in [1.54, 1.807) is 12.1 Å². The number of benzene rings is 2. The summed E-state index contributed by atoms with van der Waals surface area (Å²) in [4.78, 5) is 12.3. The molecule has 0 aliphatic carbocycles. The van der Waals surface area contributed by atoms with Crippen molar-refractivity contribution < 1.29 is 13.2 Å². The normalized spacial score (nSPS) is 11.9. The number of anilines is 1. The van der Waals surface area contributed by atoms with Crippen molar-refractivity contribution in [3.8, 4) is 0 Å². The summed E-state index contributed by atoms with van der Waals surface area (Å²) in [5.74, 6) is -0.316. The minimum absolute atomic E-state index is 0.140. The van der Waals surface area contributed by atoms with Crippen molar-refractivity contribution >= 4 is 27.7 Å². The summed E-state index contributed by atoms with van der Waals surface area (Å²) < 4.78 is 25.6. The second-order valence-electron chi connectivity index (χ2n) is 6.00. The van der Waals surface area contributed by atoms with Crippen LogP contribution in [0.3, 0.4) is 0 Å². The first-order valence-electron chi connectivity index (χ1n) is 7.79. The van der Waals surface area contributed by atoms with Crippen molar-refractivity contribution in [3.63, 3.8) is 0 Å². The van der Waals surface area contributed by atoms with Gasteiger partial charge in [0.25, 0.3) is 0 Å². The summed E-state index contributed by atoms with van der Waals surface area (Å²) >= 11 is 0. The second-order valence-corrected chi connectivity index (χ2v) is 8.15. The first-order chi connectivity index (χ1) is 11.7. The van der Waals surface area contributed by atoms with Crippen molar-refractivity contribution in [2.45, 2.75) is 18.7 Å². The fourth-order valence-corrected chi connectivity index (χ4v) is 3.16. The zero-order chi connectivity index (χ0) is 18.6. The molecule has 5 nitrogen and oxygen atoms in total. The quantitative estimate of drug-likeness (QED) is 0.835. The van der Waals surface area contributed by atoms with E-state index in [1.165, 1.54) is 32.3 Å². The lowest BCUT2D eigenvalue weighted by molar-refractivity contribution is -0.111. The van der Waals surface area contributed by atoms with Crippen LogP contribution >= 0.6 is 0 Å². The van der Waals surface area contributed by atoms with Gasteiger partial charge >= 0.3 is 0 Å². The largest absolute Gasteiger partial charge is 0.322 e. The van der Waals surface area contributed by atoms with E-state index >= 15 is 0 Å². The summed E-state index contributed by atoms with van der Waals surface area (Å²) in [5, 5.41) is 2.74. The van der Waals surface area contributed by atoms with Crippen LogP contribution in [0.1, 0.15) is 16.7 Å². The average molecular weight is 358 g/mol. The standard InChI is InChI=1S/C19H22N2O3S/c1-14-6-5-7-16(12-14)9-11-19(22)20-18-13-17(10-8-15(18)2)25(23,24)21(3)4/h5-13H,1-4H3,(H,20,22)/b11-9+. The summed E-state index contributed by atoms with van der Waals surface area (Å²) in [7, 11) is -0.607. The lowest BCUT2D eigenvalue weighted by Gasteiger charge is -2.14. The van der Waals surface area contributed by atoms with Gasteiger partial charge in [0.15, 0.2) is 0 Å². The molecular formula is C19H22N2O3S. The van der Waals surface area contributed by atoms with E-state index in [1.807, 2.05) is 38.1 Å². The highest BCUT2D eigenvalue weighted by Crippen LogP contribution is 2.22. The number of hydrogen-bond acceptors (Lipinski definition) is 3. The van der Waals surface area contributed by atoms with Crippen LogP contribution < -0.4 is 5.32 Å². The first kappa shape index (κ1) is 18.9. The zero-order valence-electron chi connectivity index (χ0n) is 14.8. The molecule has 132 valence electrons. The summed E-state index contributed by atoms with van der Waals surface area (Å²) in [5.41, 5.74) is 3.30. The molecule has 25 heavy (non-hydrogen) atoms. The predicted molar refractivity (Wildman–Crippen MR) is 101 cm³/mol. The van der Waals surface area contributed by atoms with E-state index in [4.69, 9.17) is 0 Å². The fourth-order valence-electron chi connectivity index (χ4n) is 2.23. The Balaban J connectivity index is 2.21. The molecule has 2 aromatic carbocycles. The van der Waals surface area contributed by atoms with Crippen LogP contribution in [0, 0.1) is 13.8 Å². The molecular weight excluding hydrogens is 336 g/mol. The van der Waals surface area contributed by atoms with Gasteiger partial charge in [-0.15, -0.1) is 0 Å². The Kier molecular flexibility index (Phi) is 5.77. The maximum absolute atomic E-state index is 12.2. The highest BCUT2D eigenvalue weighted by Gasteiger charge is 2.18. The molecule has 0 spiro atoms. The summed E-state index contributed by atoms with van der Waals surface area (Å²) in [6.07, 6.45) is 3.15. The molecule has 0 saturated heterocycles. The predicted octanol–water partition coefficient (Wildman–Crippen LogP) is 3.21. The van der Waals surface area contributed by atoms with Crippen LogP contribution in [0.5, 0.6) is 0 Å². The van der Waals surface area contributed by atoms with Crippen LogP contribution in [0.25, 0.3) is 6.08 Å². The van der Waals surface area contributed by atoms with E-state index in [0.717, 1.165) is 21.0 Å². The van der Waals surface area contributed by atoms with Crippen LogP contribution in [0.2, 0.25) is 0 Å². The molecule has 6 heteroatoms. The number of rotatable bonds is 5. The monoisotopic (exact) mass is 358 g/mol. The lowest BCUT2D eigenvalue weighted by Crippen LogP contribution is -2.22. The van der Waals surface area contributed by atoms with E-state index in [-0.39, 0.29) is 10.8 Å². The van der Waals surface area contributed by atoms with Crippen LogP contribution in [-0.2, 0) is 14.8 Å². The maximum Gasteiger partial charge on any atom is 0.248 e. The van der Waals surface area contributed by atoms with Gasteiger partial charge in [-0.3, -0.25) is 4.79 Å². The molecule has 2 aromatic rings. The number of hydrogen-bond donors (Lipinski definition) is 1. The maximum atomic E-state index is 12.2. The smallest absolute Gasteiger partial charge is 0.248 e. The van der Waals surface area contributed by atoms with Crippen LogP contribution in [0.15, 0.2) is 53.4 Å². The van der Waals surface area contributed by atoms with Crippen LogP contribution in [0.4, 0.5) is 5.69 Å².